The summed E-state index contributed by atoms with van der Waals surface area (Å²) in [4.78, 5) is 14.9. The molecule has 1 aromatic heterocycles. The summed E-state index contributed by atoms with van der Waals surface area (Å²) in [5.41, 5.74) is 0.516. The molecule has 2 atom stereocenters. The fourth-order valence-corrected chi connectivity index (χ4v) is 4.24. The number of carbonyl (C=O) groups excluding carboxylic acids is 1. The lowest BCUT2D eigenvalue weighted by molar-refractivity contribution is -0.0724. The number of amides is 1. The predicted molar refractivity (Wildman–Crippen MR) is 105 cm³/mol. The fourth-order valence-electron chi connectivity index (χ4n) is 4.24. The van der Waals surface area contributed by atoms with Gasteiger partial charge in [-0.15, -0.1) is 0 Å². The number of ether oxygens (including phenoxy) is 2. The molecular weight excluding hydrogens is 362 g/mol. The molecule has 28 heavy (non-hydrogen) atoms. The summed E-state index contributed by atoms with van der Waals surface area (Å²) >= 11 is 0. The van der Waals surface area contributed by atoms with Crippen LogP contribution >= 0.6 is 0 Å². The molecule has 0 bridgehead atoms. The monoisotopic (exact) mass is 391 g/mol. The Morgan fingerprint density at radius 1 is 1.36 bits per heavy atom. The van der Waals surface area contributed by atoms with Gasteiger partial charge in [-0.25, -0.2) is 0 Å². The van der Waals surface area contributed by atoms with Crippen molar-refractivity contribution in [3.63, 3.8) is 0 Å². The van der Waals surface area contributed by atoms with Crippen molar-refractivity contribution in [1.82, 2.24) is 4.90 Å². The average molecular weight is 391 g/mol. The number of hydrogen-bond donors (Lipinski definition) is 2. The van der Waals surface area contributed by atoms with Gasteiger partial charge in [0.2, 0.25) is 5.75 Å². The minimum absolute atomic E-state index is 0.157. The Hall–Kier alpha value is -2.25. The predicted octanol–water partition coefficient (Wildman–Crippen LogP) is 2.74. The van der Waals surface area contributed by atoms with E-state index in [4.69, 9.17) is 13.9 Å². The highest BCUT2D eigenvalue weighted by Gasteiger charge is 2.43. The number of benzene rings is 1. The van der Waals surface area contributed by atoms with E-state index in [9.17, 15) is 15.0 Å². The smallest absolute Gasteiger partial charge is 0.289 e. The number of aliphatic hydroxyl groups excluding tert-OH is 2. The van der Waals surface area contributed by atoms with Crippen LogP contribution in [0.1, 0.15) is 42.3 Å². The highest BCUT2D eigenvalue weighted by Crippen LogP contribution is 2.40. The Labute approximate surface area is 164 Å². The third-order valence-electron chi connectivity index (χ3n) is 5.88. The number of piperidine rings is 1. The molecule has 1 amide bonds. The molecule has 7 nitrogen and oxygen atoms in total. The maximum absolute atomic E-state index is 13.3. The molecule has 7 heteroatoms. The van der Waals surface area contributed by atoms with Gasteiger partial charge < -0.3 is 29.0 Å². The second-order valence-electron chi connectivity index (χ2n) is 7.54. The van der Waals surface area contributed by atoms with Gasteiger partial charge in [-0.3, -0.25) is 4.79 Å². The first-order valence-electron chi connectivity index (χ1n) is 9.64. The van der Waals surface area contributed by atoms with Gasteiger partial charge in [0, 0.05) is 29.5 Å². The number of fused-ring (bicyclic) bond motifs is 1. The molecule has 0 unspecified atom stereocenters. The zero-order chi connectivity index (χ0) is 20.5. The molecule has 1 fully saturated rings. The molecule has 3 rings (SSSR count). The molecule has 1 aromatic carbocycles. The number of nitrogens with zero attached hydrogens (tertiary/aromatic N) is 1. The number of likely N-dealkylation sites (tertiary alicyclic amines) is 1. The van der Waals surface area contributed by atoms with E-state index in [2.05, 4.69) is 0 Å². The molecule has 2 N–H and O–H groups in total. The first kappa shape index (κ1) is 20.5. The van der Waals surface area contributed by atoms with Crippen molar-refractivity contribution in [3.8, 4) is 11.5 Å². The number of carbonyl (C=O) groups is 1. The van der Waals surface area contributed by atoms with Crippen LogP contribution in [-0.2, 0) is 0 Å². The Balaban J connectivity index is 1.98. The van der Waals surface area contributed by atoms with E-state index in [-0.39, 0.29) is 18.3 Å². The highest BCUT2D eigenvalue weighted by atomic mass is 16.5. The summed E-state index contributed by atoms with van der Waals surface area (Å²) in [7, 11) is 3.08. The number of furan rings is 1. The molecule has 1 aliphatic rings. The van der Waals surface area contributed by atoms with E-state index in [1.54, 1.807) is 18.1 Å². The molecule has 0 spiro atoms. The van der Waals surface area contributed by atoms with Gasteiger partial charge in [0.25, 0.3) is 5.91 Å². The van der Waals surface area contributed by atoms with E-state index in [1.165, 1.54) is 7.11 Å². The third-order valence-corrected chi connectivity index (χ3v) is 5.88. The van der Waals surface area contributed by atoms with Gasteiger partial charge >= 0.3 is 0 Å². The Kier molecular flexibility index (Phi) is 5.86. The summed E-state index contributed by atoms with van der Waals surface area (Å²) in [6.45, 7) is 4.41. The number of rotatable bonds is 6. The largest absolute Gasteiger partial charge is 0.493 e. The van der Waals surface area contributed by atoms with Crippen LogP contribution in [-0.4, -0.2) is 61.0 Å². The number of aryl methyl sites for hydroxylation is 1. The van der Waals surface area contributed by atoms with E-state index in [0.717, 1.165) is 17.4 Å². The van der Waals surface area contributed by atoms with Crippen molar-refractivity contribution in [2.75, 3.05) is 33.9 Å². The summed E-state index contributed by atoms with van der Waals surface area (Å²) < 4.78 is 16.7. The molecule has 154 valence electrons. The average Bonchev–Trinajstić information content (AvgIpc) is 3.05. The fraction of sp³-hybridized carbons (Fsp3) is 0.571. The Morgan fingerprint density at radius 3 is 2.71 bits per heavy atom. The van der Waals surface area contributed by atoms with Crippen molar-refractivity contribution < 1.29 is 28.9 Å². The summed E-state index contributed by atoms with van der Waals surface area (Å²) in [6, 6.07) is 3.63. The zero-order valence-corrected chi connectivity index (χ0v) is 16.9. The molecule has 0 radical (unpaired) electrons. The van der Waals surface area contributed by atoms with Crippen molar-refractivity contribution in [1.29, 1.82) is 0 Å². The zero-order valence-electron chi connectivity index (χ0n) is 16.9. The molecule has 0 saturated carbocycles. The minimum Gasteiger partial charge on any atom is -0.493 e. The van der Waals surface area contributed by atoms with Crippen molar-refractivity contribution in [2.45, 2.75) is 39.2 Å². The Bertz CT molecular complexity index is 860. The van der Waals surface area contributed by atoms with E-state index < -0.39 is 11.5 Å². The summed E-state index contributed by atoms with van der Waals surface area (Å²) in [6.07, 6.45) is 1.28. The van der Waals surface area contributed by atoms with Crippen LogP contribution in [0.5, 0.6) is 11.5 Å². The van der Waals surface area contributed by atoms with E-state index >= 15 is 0 Å². The van der Waals surface area contributed by atoms with Crippen LogP contribution < -0.4 is 9.47 Å². The van der Waals surface area contributed by atoms with Crippen molar-refractivity contribution in [2.24, 2.45) is 5.41 Å². The second-order valence-corrected chi connectivity index (χ2v) is 7.54. The SMILES string of the molecule is CCC[C@@]1(CO)CN(C(=O)c2oc3c(OC)c(OC)ccc3c2C)CC[C@@H]1O. The third kappa shape index (κ3) is 3.22. The van der Waals surface area contributed by atoms with Crippen LogP contribution in [0.15, 0.2) is 16.5 Å². The number of methoxy groups -OCH3 is 2. The maximum Gasteiger partial charge on any atom is 0.289 e. The highest BCUT2D eigenvalue weighted by molar-refractivity contribution is 6.01. The van der Waals surface area contributed by atoms with Gasteiger partial charge in [-0.05, 0) is 31.9 Å². The van der Waals surface area contributed by atoms with E-state index in [1.807, 2.05) is 19.9 Å². The van der Waals surface area contributed by atoms with E-state index in [0.29, 0.717) is 43.0 Å². The van der Waals surface area contributed by atoms with Crippen LogP contribution in [0.2, 0.25) is 0 Å². The number of aliphatic hydroxyl groups is 2. The van der Waals surface area contributed by atoms with Crippen molar-refractivity contribution >= 4 is 16.9 Å². The molecule has 2 aromatic rings. The summed E-state index contributed by atoms with van der Waals surface area (Å²) in [5, 5.41) is 21.2. The molecule has 1 saturated heterocycles. The quantitative estimate of drug-likeness (QED) is 0.787. The first-order chi connectivity index (χ1) is 13.4. The topological polar surface area (TPSA) is 92.4 Å². The lowest BCUT2D eigenvalue weighted by atomic mass is 9.74. The van der Waals surface area contributed by atoms with Gasteiger partial charge in [0.1, 0.15) is 0 Å². The normalized spacial score (nSPS) is 22.5. The molecule has 2 heterocycles. The first-order valence-corrected chi connectivity index (χ1v) is 9.64. The summed E-state index contributed by atoms with van der Waals surface area (Å²) in [5.74, 6) is 0.995. The molecule has 0 aliphatic carbocycles. The maximum atomic E-state index is 13.3. The van der Waals surface area contributed by atoms with Crippen LogP contribution in [0.3, 0.4) is 0 Å². The van der Waals surface area contributed by atoms with Gasteiger partial charge in [-0.2, -0.15) is 0 Å². The lowest BCUT2D eigenvalue weighted by Gasteiger charge is -2.45. The lowest BCUT2D eigenvalue weighted by Crippen LogP contribution is -2.55. The second kappa shape index (κ2) is 8.01. The van der Waals surface area contributed by atoms with Crippen LogP contribution in [0, 0.1) is 12.3 Å². The van der Waals surface area contributed by atoms with Gasteiger partial charge in [0.15, 0.2) is 17.1 Å². The van der Waals surface area contributed by atoms with Crippen LogP contribution in [0.25, 0.3) is 11.0 Å². The van der Waals surface area contributed by atoms with Gasteiger partial charge in [0.05, 0.1) is 26.9 Å². The van der Waals surface area contributed by atoms with Crippen LogP contribution in [0.4, 0.5) is 0 Å². The molecular formula is C21H29NO6. The minimum atomic E-state index is -0.691. The van der Waals surface area contributed by atoms with Crippen molar-refractivity contribution in [3.05, 3.63) is 23.5 Å². The molecule has 1 aliphatic heterocycles. The van der Waals surface area contributed by atoms with Gasteiger partial charge in [-0.1, -0.05) is 13.3 Å². The number of hydrogen-bond acceptors (Lipinski definition) is 6. The Morgan fingerprint density at radius 2 is 2.11 bits per heavy atom. The standard InChI is InChI=1S/C21H29NO6/c1-5-9-21(12-23)11-22(10-8-16(21)24)20(25)17-13(2)14-6-7-15(26-3)19(27-4)18(14)28-17/h6-7,16,23-24H,5,8-12H2,1-4H3/t16-,21-/m0/s1.